The van der Waals surface area contributed by atoms with Crippen molar-refractivity contribution in [2.24, 2.45) is 0 Å². The van der Waals surface area contributed by atoms with E-state index in [1.54, 1.807) is 24.3 Å². The first-order valence-corrected chi connectivity index (χ1v) is 9.53. The summed E-state index contributed by atoms with van der Waals surface area (Å²) in [7, 11) is 0. The highest BCUT2D eigenvalue weighted by molar-refractivity contribution is 6.06. The van der Waals surface area contributed by atoms with E-state index in [4.69, 9.17) is 9.47 Å². The second-order valence-electron chi connectivity index (χ2n) is 6.94. The summed E-state index contributed by atoms with van der Waals surface area (Å²) >= 11 is 0. The molecule has 0 aliphatic carbocycles. The number of carboxylic acids is 1. The predicted molar refractivity (Wildman–Crippen MR) is 112 cm³/mol. The average Bonchev–Trinajstić information content (AvgIpc) is 3.11. The Bertz CT molecular complexity index is 1400. The van der Waals surface area contributed by atoms with Crippen LogP contribution >= 0.6 is 0 Å². The third kappa shape index (κ3) is 3.07. The summed E-state index contributed by atoms with van der Waals surface area (Å²) in [6, 6.07) is 18.0. The summed E-state index contributed by atoms with van der Waals surface area (Å²) in [5.41, 5.74) is 1.30. The fraction of sp³-hybridized carbons (Fsp3) is 0.0435. The van der Waals surface area contributed by atoms with Gasteiger partial charge >= 0.3 is 12.1 Å². The van der Waals surface area contributed by atoms with Gasteiger partial charge in [0, 0.05) is 11.8 Å². The molecule has 1 N–H and O–H groups in total. The number of rotatable bonds is 4. The van der Waals surface area contributed by atoms with Crippen molar-refractivity contribution in [3.63, 3.8) is 0 Å². The van der Waals surface area contributed by atoms with Crippen LogP contribution in [0.5, 0.6) is 11.5 Å². The number of ether oxygens (including phenoxy) is 2. The van der Waals surface area contributed by atoms with E-state index in [2.05, 4.69) is 5.10 Å². The molecule has 0 atom stereocenters. The van der Waals surface area contributed by atoms with Gasteiger partial charge in [-0.25, -0.2) is 19.0 Å². The topological polar surface area (TPSA) is 117 Å². The molecule has 2 aromatic carbocycles. The minimum absolute atomic E-state index is 0.0462. The fourth-order valence-electron chi connectivity index (χ4n) is 3.63. The molecule has 4 aromatic rings. The van der Waals surface area contributed by atoms with E-state index in [1.165, 1.54) is 21.8 Å². The molecule has 0 unspecified atom stereocenters. The summed E-state index contributed by atoms with van der Waals surface area (Å²) in [5, 5.41) is 23.4. The Labute approximate surface area is 181 Å². The molecule has 156 valence electrons. The second-order valence-corrected chi connectivity index (χ2v) is 6.94. The Hall–Kier alpha value is -4.84. The number of aromatic nitrogens is 2. The Kier molecular flexibility index (Phi) is 4.45. The van der Waals surface area contributed by atoms with E-state index in [9.17, 15) is 20.0 Å². The smallest absolute Gasteiger partial charge is 0.419 e. The van der Waals surface area contributed by atoms with Crippen LogP contribution in [0.4, 0.5) is 16.2 Å². The van der Waals surface area contributed by atoms with Crippen LogP contribution in [0.25, 0.3) is 5.52 Å². The van der Waals surface area contributed by atoms with Crippen LogP contribution in [0.2, 0.25) is 0 Å². The molecule has 9 heteroatoms. The van der Waals surface area contributed by atoms with Crippen molar-refractivity contribution in [3.05, 3.63) is 83.7 Å². The molecule has 32 heavy (non-hydrogen) atoms. The molecule has 1 amide bonds. The van der Waals surface area contributed by atoms with Crippen molar-refractivity contribution in [1.82, 2.24) is 9.61 Å². The van der Waals surface area contributed by atoms with Gasteiger partial charge in [0.2, 0.25) is 0 Å². The van der Waals surface area contributed by atoms with Gasteiger partial charge in [0.05, 0.1) is 34.2 Å². The van der Waals surface area contributed by atoms with Gasteiger partial charge in [-0.1, -0.05) is 18.2 Å². The van der Waals surface area contributed by atoms with Crippen LogP contribution in [0.3, 0.4) is 0 Å². The first-order valence-electron chi connectivity index (χ1n) is 9.53. The van der Waals surface area contributed by atoms with Gasteiger partial charge < -0.3 is 14.6 Å². The lowest BCUT2D eigenvalue weighted by molar-refractivity contribution is 0.0692. The van der Waals surface area contributed by atoms with Gasteiger partial charge in [-0.05, 0) is 36.4 Å². The van der Waals surface area contributed by atoms with E-state index >= 15 is 0 Å². The number of nitriles is 1. The molecule has 9 nitrogen and oxygen atoms in total. The van der Waals surface area contributed by atoms with E-state index in [0.29, 0.717) is 22.7 Å². The van der Waals surface area contributed by atoms with E-state index < -0.39 is 12.1 Å². The maximum absolute atomic E-state index is 12.9. The van der Waals surface area contributed by atoms with Crippen molar-refractivity contribution in [2.75, 3.05) is 4.90 Å². The Morgan fingerprint density at radius 1 is 1.12 bits per heavy atom. The van der Waals surface area contributed by atoms with Gasteiger partial charge in [-0.2, -0.15) is 10.4 Å². The number of cyclic esters (lactones) is 1. The number of hydrogen-bond acceptors (Lipinski definition) is 6. The van der Waals surface area contributed by atoms with Gasteiger partial charge in [0.25, 0.3) is 0 Å². The Morgan fingerprint density at radius 3 is 2.53 bits per heavy atom. The molecular formula is C23H14N4O5. The van der Waals surface area contributed by atoms with Crippen molar-refractivity contribution in [1.29, 1.82) is 5.26 Å². The van der Waals surface area contributed by atoms with Crippen LogP contribution < -0.4 is 9.64 Å². The van der Waals surface area contributed by atoms with Gasteiger partial charge in [0.15, 0.2) is 0 Å². The summed E-state index contributed by atoms with van der Waals surface area (Å²) in [6.07, 6.45) is 1.89. The normalized spacial score (nSPS) is 12.7. The van der Waals surface area contributed by atoms with E-state index in [1.807, 2.05) is 36.4 Å². The lowest BCUT2D eigenvalue weighted by atomic mass is 10.1. The molecule has 0 radical (unpaired) electrons. The molecule has 5 rings (SSSR count). The maximum atomic E-state index is 12.9. The van der Waals surface area contributed by atoms with Crippen molar-refractivity contribution < 1.29 is 24.2 Å². The molecule has 0 fully saturated rings. The van der Waals surface area contributed by atoms with Crippen molar-refractivity contribution >= 4 is 29.0 Å². The number of amides is 1. The van der Waals surface area contributed by atoms with Gasteiger partial charge in [-0.3, -0.25) is 0 Å². The van der Waals surface area contributed by atoms with Gasteiger partial charge in [0.1, 0.15) is 24.2 Å². The number of carbonyl (C=O) groups is 2. The highest BCUT2D eigenvalue weighted by atomic mass is 16.6. The monoisotopic (exact) mass is 426 g/mol. The highest BCUT2D eigenvalue weighted by Crippen LogP contribution is 2.39. The third-order valence-electron chi connectivity index (χ3n) is 5.05. The Balaban J connectivity index is 1.63. The van der Waals surface area contributed by atoms with E-state index in [0.717, 1.165) is 0 Å². The lowest BCUT2D eigenvalue weighted by Crippen LogP contribution is -2.26. The molecule has 0 spiro atoms. The first-order chi connectivity index (χ1) is 15.6. The third-order valence-corrected chi connectivity index (χ3v) is 5.05. The number of aromatic carboxylic acids is 1. The standard InChI is InChI=1S/C23H14N4O5/c24-10-14-11-25-26-12-18(22(28)29)19-13-31-23(30)27(20(14)21(19)26)15-6-8-17(9-7-15)32-16-4-2-1-3-5-16/h1-9,11-12H,13H2,(H,28,29). The van der Waals surface area contributed by atoms with Gasteiger partial charge in [-0.15, -0.1) is 0 Å². The van der Waals surface area contributed by atoms with Crippen LogP contribution in [0, 0.1) is 11.3 Å². The van der Waals surface area contributed by atoms with Crippen molar-refractivity contribution in [2.45, 2.75) is 6.61 Å². The lowest BCUT2D eigenvalue weighted by Gasteiger charge is -2.22. The second kappa shape index (κ2) is 7.45. The number of anilines is 2. The summed E-state index contributed by atoms with van der Waals surface area (Å²) in [5.74, 6) is 0.0398. The quantitative estimate of drug-likeness (QED) is 0.511. The Morgan fingerprint density at radius 2 is 1.84 bits per heavy atom. The molecule has 1 aliphatic heterocycles. The molecule has 0 saturated heterocycles. The first kappa shape index (κ1) is 19.1. The largest absolute Gasteiger partial charge is 0.478 e. The number of para-hydroxylation sites is 1. The summed E-state index contributed by atoms with van der Waals surface area (Å²) in [4.78, 5) is 25.9. The minimum Gasteiger partial charge on any atom is -0.478 e. The number of hydrogen-bond donors (Lipinski definition) is 1. The van der Waals surface area contributed by atoms with Crippen LogP contribution in [0.15, 0.2) is 67.0 Å². The minimum atomic E-state index is -1.18. The zero-order valence-corrected chi connectivity index (χ0v) is 16.4. The summed E-state index contributed by atoms with van der Waals surface area (Å²) < 4.78 is 12.5. The molecule has 1 aliphatic rings. The number of nitrogens with zero attached hydrogens (tertiary/aromatic N) is 4. The SMILES string of the molecule is N#Cc1cnn2cc(C(=O)O)c3c2c1N(c1ccc(Oc2ccccc2)cc1)C(=O)OC3. The molecule has 0 bridgehead atoms. The fourth-order valence-corrected chi connectivity index (χ4v) is 3.63. The highest BCUT2D eigenvalue weighted by Gasteiger charge is 2.33. The molecular weight excluding hydrogens is 412 g/mol. The number of benzene rings is 2. The summed E-state index contributed by atoms with van der Waals surface area (Å²) in [6.45, 7) is -0.258. The maximum Gasteiger partial charge on any atom is 0.419 e. The number of carboxylic acid groups (broad SMARTS) is 1. The predicted octanol–water partition coefficient (Wildman–Crippen LogP) is 4.48. The molecule has 3 heterocycles. The van der Waals surface area contributed by atoms with E-state index in [-0.39, 0.29) is 29.0 Å². The zero-order chi connectivity index (χ0) is 22.2. The van der Waals surface area contributed by atoms with Crippen LogP contribution in [-0.4, -0.2) is 26.8 Å². The average molecular weight is 426 g/mol. The van der Waals surface area contributed by atoms with Crippen molar-refractivity contribution in [3.8, 4) is 17.6 Å². The van der Waals surface area contributed by atoms with Crippen LogP contribution in [0.1, 0.15) is 21.5 Å². The molecule has 0 saturated carbocycles. The van der Waals surface area contributed by atoms with Crippen LogP contribution in [-0.2, 0) is 11.3 Å². The zero-order valence-electron chi connectivity index (χ0n) is 16.4. The number of carbonyl (C=O) groups excluding carboxylic acids is 1. The molecule has 2 aromatic heterocycles.